The summed E-state index contributed by atoms with van der Waals surface area (Å²) in [4.78, 5) is 25.8. The van der Waals surface area contributed by atoms with E-state index >= 15 is 0 Å². The number of carbonyl (C=O) groups is 2. The first-order valence-electron chi connectivity index (χ1n) is 7.31. The summed E-state index contributed by atoms with van der Waals surface area (Å²) in [6, 6.07) is 2.69. The normalized spacial score (nSPS) is 19.4. The van der Waals surface area contributed by atoms with Gasteiger partial charge in [-0.05, 0) is 12.1 Å². The molecule has 0 bridgehead atoms. The van der Waals surface area contributed by atoms with Gasteiger partial charge in [-0.1, -0.05) is 18.5 Å². The van der Waals surface area contributed by atoms with Crippen LogP contribution >= 0.6 is 11.6 Å². The van der Waals surface area contributed by atoms with Gasteiger partial charge in [-0.2, -0.15) is 0 Å². The van der Waals surface area contributed by atoms with E-state index in [2.05, 4.69) is 10.6 Å². The number of anilines is 1. The van der Waals surface area contributed by atoms with Crippen molar-refractivity contribution < 1.29 is 14.0 Å². The van der Waals surface area contributed by atoms with E-state index in [-0.39, 0.29) is 16.5 Å². The van der Waals surface area contributed by atoms with Crippen LogP contribution in [0.1, 0.15) is 36.5 Å². The molecular formula is C15H17ClFN3O2. The first kappa shape index (κ1) is 15.1. The maximum atomic E-state index is 13.9. The van der Waals surface area contributed by atoms with Crippen molar-refractivity contribution in [2.45, 2.75) is 31.8 Å². The number of nitrogens with zero attached hydrogens (tertiary/aromatic N) is 1. The van der Waals surface area contributed by atoms with Gasteiger partial charge in [0.25, 0.3) is 5.91 Å². The molecule has 1 aromatic rings. The Morgan fingerprint density at radius 2 is 2.05 bits per heavy atom. The minimum atomic E-state index is -0.647. The van der Waals surface area contributed by atoms with Gasteiger partial charge >= 0.3 is 0 Å². The largest absolute Gasteiger partial charge is 0.362 e. The molecule has 7 heteroatoms. The fourth-order valence-electron chi connectivity index (χ4n) is 3.08. The van der Waals surface area contributed by atoms with Crippen molar-refractivity contribution in [2.24, 2.45) is 0 Å². The Morgan fingerprint density at radius 3 is 2.68 bits per heavy atom. The Kier molecular flexibility index (Phi) is 3.72. The Morgan fingerprint density at radius 1 is 1.36 bits per heavy atom. The maximum absolute atomic E-state index is 13.9. The second-order valence-corrected chi connectivity index (χ2v) is 6.14. The summed E-state index contributed by atoms with van der Waals surface area (Å²) in [5, 5.41) is 6.30. The van der Waals surface area contributed by atoms with Crippen molar-refractivity contribution in [1.82, 2.24) is 10.2 Å². The standard InChI is InChI=1S/C15H17ClFN3O2/c1-2-12(21)20-5-3-15(4-6-20)18-11-8-9(16)7-10(17)13(11)14(22)19-15/h7-8,18H,2-6H2,1H3,(H,19,22). The molecule has 2 aliphatic heterocycles. The summed E-state index contributed by atoms with van der Waals surface area (Å²) in [6.45, 7) is 2.94. The maximum Gasteiger partial charge on any atom is 0.258 e. The monoisotopic (exact) mass is 325 g/mol. The summed E-state index contributed by atoms with van der Waals surface area (Å²) in [6.07, 6.45) is 1.60. The molecule has 1 fully saturated rings. The summed E-state index contributed by atoms with van der Waals surface area (Å²) in [5.74, 6) is -0.981. The molecule has 0 aliphatic carbocycles. The number of fused-ring (bicyclic) bond motifs is 1. The zero-order valence-electron chi connectivity index (χ0n) is 12.2. The number of amides is 2. The molecule has 2 amide bonds. The smallest absolute Gasteiger partial charge is 0.258 e. The average Bonchev–Trinajstić information content (AvgIpc) is 2.45. The number of hydrogen-bond donors (Lipinski definition) is 2. The number of rotatable bonds is 1. The molecule has 0 atom stereocenters. The van der Waals surface area contributed by atoms with Crippen molar-refractivity contribution in [3.8, 4) is 0 Å². The number of halogens is 2. The zero-order valence-corrected chi connectivity index (χ0v) is 13.0. The van der Waals surface area contributed by atoms with Crippen molar-refractivity contribution in [2.75, 3.05) is 18.4 Å². The topological polar surface area (TPSA) is 61.4 Å². The zero-order chi connectivity index (χ0) is 15.9. The number of carbonyl (C=O) groups excluding carboxylic acids is 2. The number of piperidine rings is 1. The fourth-order valence-corrected chi connectivity index (χ4v) is 3.29. The third kappa shape index (κ3) is 2.52. The molecule has 1 aromatic carbocycles. The predicted molar refractivity (Wildman–Crippen MR) is 81.3 cm³/mol. The molecule has 0 aromatic heterocycles. The summed E-state index contributed by atoms with van der Waals surface area (Å²) in [5.41, 5.74) is -0.253. The van der Waals surface area contributed by atoms with Crippen molar-refractivity contribution in [1.29, 1.82) is 0 Å². The quantitative estimate of drug-likeness (QED) is 0.833. The van der Waals surface area contributed by atoms with E-state index < -0.39 is 17.4 Å². The molecular weight excluding hydrogens is 309 g/mol. The Balaban J connectivity index is 1.84. The van der Waals surface area contributed by atoms with E-state index in [4.69, 9.17) is 11.6 Å². The van der Waals surface area contributed by atoms with E-state index in [9.17, 15) is 14.0 Å². The van der Waals surface area contributed by atoms with E-state index in [0.29, 0.717) is 38.0 Å². The molecule has 0 radical (unpaired) electrons. The van der Waals surface area contributed by atoms with Crippen LogP contribution in [-0.2, 0) is 4.79 Å². The van der Waals surface area contributed by atoms with Gasteiger partial charge in [0.15, 0.2) is 0 Å². The van der Waals surface area contributed by atoms with Crippen LogP contribution in [0.2, 0.25) is 5.02 Å². The third-order valence-corrected chi connectivity index (χ3v) is 4.50. The SMILES string of the molecule is CCC(=O)N1CCC2(CC1)NC(=O)c1c(F)cc(Cl)cc1N2. The van der Waals surface area contributed by atoms with Gasteiger partial charge in [0.1, 0.15) is 11.5 Å². The highest BCUT2D eigenvalue weighted by Crippen LogP contribution is 2.34. The fraction of sp³-hybridized carbons (Fsp3) is 0.467. The van der Waals surface area contributed by atoms with Crippen LogP contribution in [0.5, 0.6) is 0 Å². The molecule has 0 unspecified atom stereocenters. The lowest BCUT2D eigenvalue weighted by molar-refractivity contribution is -0.132. The minimum Gasteiger partial charge on any atom is -0.362 e. The van der Waals surface area contributed by atoms with Crippen molar-refractivity contribution >= 4 is 29.1 Å². The van der Waals surface area contributed by atoms with Crippen LogP contribution in [0.15, 0.2) is 12.1 Å². The molecule has 3 rings (SSSR count). The van der Waals surface area contributed by atoms with Gasteiger partial charge in [-0.15, -0.1) is 0 Å². The lowest BCUT2D eigenvalue weighted by Gasteiger charge is -2.45. The third-order valence-electron chi connectivity index (χ3n) is 4.28. The van der Waals surface area contributed by atoms with Gasteiger partial charge in [-0.3, -0.25) is 9.59 Å². The summed E-state index contributed by atoms with van der Waals surface area (Å²) < 4.78 is 13.9. The summed E-state index contributed by atoms with van der Waals surface area (Å²) in [7, 11) is 0. The molecule has 22 heavy (non-hydrogen) atoms. The average molecular weight is 326 g/mol. The van der Waals surface area contributed by atoms with E-state index in [1.54, 1.807) is 11.0 Å². The Labute approximate surface area is 132 Å². The molecule has 1 saturated heterocycles. The molecule has 118 valence electrons. The predicted octanol–water partition coefficient (Wildman–Crippen LogP) is 2.36. The van der Waals surface area contributed by atoms with Gasteiger partial charge in [0.05, 0.1) is 11.3 Å². The molecule has 2 heterocycles. The number of benzene rings is 1. The van der Waals surface area contributed by atoms with E-state index in [0.717, 1.165) is 6.07 Å². The molecule has 0 saturated carbocycles. The number of hydrogen-bond acceptors (Lipinski definition) is 3. The molecule has 5 nitrogen and oxygen atoms in total. The lowest BCUT2D eigenvalue weighted by Crippen LogP contribution is -2.62. The van der Waals surface area contributed by atoms with E-state index in [1.165, 1.54) is 0 Å². The van der Waals surface area contributed by atoms with Crippen LogP contribution in [0.3, 0.4) is 0 Å². The van der Waals surface area contributed by atoms with Gasteiger partial charge in [0, 0.05) is 37.4 Å². The number of likely N-dealkylation sites (tertiary alicyclic amines) is 1. The van der Waals surface area contributed by atoms with Gasteiger partial charge in [0.2, 0.25) is 5.91 Å². The van der Waals surface area contributed by atoms with E-state index in [1.807, 2.05) is 6.92 Å². The van der Waals surface area contributed by atoms with Gasteiger partial charge < -0.3 is 15.5 Å². The number of nitrogens with one attached hydrogen (secondary N) is 2. The van der Waals surface area contributed by atoms with Crippen LogP contribution in [0, 0.1) is 5.82 Å². The summed E-state index contributed by atoms with van der Waals surface area (Å²) >= 11 is 5.88. The van der Waals surface area contributed by atoms with Crippen LogP contribution in [-0.4, -0.2) is 35.5 Å². The van der Waals surface area contributed by atoms with Crippen LogP contribution in [0.25, 0.3) is 0 Å². The Hall–Kier alpha value is -1.82. The van der Waals surface area contributed by atoms with Crippen LogP contribution in [0.4, 0.5) is 10.1 Å². The highest BCUT2D eigenvalue weighted by molar-refractivity contribution is 6.31. The lowest BCUT2D eigenvalue weighted by atomic mass is 9.92. The minimum absolute atomic E-state index is 0.0120. The highest BCUT2D eigenvalue weighted by Gasteiger charge is 2.41. The highest BCUT2D eigenvalue weighted by atomic mass is 35.5. The van der Waals surface area contributed by atoms with Crippen LogP contribution < -0.4 is 10.6 Å². The Bertz CT molecular complexity index is 642. The van der Waals surface area contributed by atoms with Crippen molar-refractivity contribution in [3.63, 3.8) is 0 Å². The molecule has 2 aliphatic rings. The second-order valence-electron chi connectivity index (χ2n) is 5.71. The molecule has 2 N–H and O–H groups in total. The van der Waals surface area contributed by atoms with Gasteiger partial charge in [-0.25, -0.2) is 4.39 Å². The first-order chi connectivity index (χ1) is 10.4. The van der Waals surface area contributed by atoms with Crippen molar-refractivity contribution in [3.05, 3.63) is 28.5 Å². The first-order valence-corrected chi connectivity index (χ1v) is 7.69. The second kappa shape index (κ2) is 5.43. The molecule has 1 spiro atoms.